The summed E-state index contributed by atoms with van der Waals surface area (Å²) in [6, 6.07) is 6.50. The standard InChI is InChI=1S/C14H19BrN2O3Si/c1-21(2,3)7-6-20-9-17-12-8-10(15)4-5-11(12)13(16-17)14(18)19/h4-5,8H,6-7,9H2,1-3H3,(H,18,19). The minimum Gasteiger partial charge on any atom is -0.476 e. The Morgan fingerprint density at radius 2 is 2.14 bits per heavy atom. The molecule has 2 rings (SSSR count). The molecule has 0 aliphatic heterocycles. The maximum Gasteiger partial charge on any atom is 0.357 e. The summed E-state index contributed by atoms with van der Waals surface area (Å²) in [5.41, 5.74) is 0.820. The summed E-state index contributed by atoms with van der Waals surface area (Å²) in [6.45, 7) is 7.82. The van der Waals surface area contributed by atoms with Gasteiger partial charge in [-0.15, -0.1) is 0 Å². The first-order valence-corrected chi connectivity index (χ1v) is 11.2. The summed E-state index contributed by atoms with van der Waals surface area (Å²) in [5.74, 6) is -1.02. The average molecular weight is 371 g/mol. The fourth-order valence-corrected chi connectivity index (χ4v) is 3.04. The maximum absolute atomic E-state index is 11.3. The van der Waals surface area contributed by atoms with Crippen molar-refractivity contribution in [3.8, 4) is 0 Å². The van der Waals surface area contributed by atoms with Crippen molar-refractivity contribution >= 4 is 40.9 Å². The molecule has 21 heavy (non-hydrogen) atoms. The molecule has 0 radical (unpaired) electrons. The van der Waals surface area contributed by atoms with Gasteiger partial charge >= 0.3 is 5.97 Å². The van der Waals surface area contributed by atoms with Crippen LogP contribution in [0.1, 0.15) is 10.5 Å². The van der Waals surface area contributed by atoms with Crippen molar-refractivity contribution in [2.45, 2.75) is 32.4 Å². The third kappa shape index (κ3) is 4.15. The van der Waals surface area contributed by atoms with E-state index < -0.39 is 14.0 Å². The minimum absolute atomic E-state index is 0.0614. The van der Waals surface area contributed by atoms with Gasteiger partial charge in [0, 0.05) is 24.5 Å². The summed E-state index contributed by atoms with van der Waals surface area (Å²) in [4.78, 5) is 11.3. The first-order valence-electron chi connectivity index (χ1n) is 6.75. The Kier molecular flexibility index (Phi) is 4.85. The molecule has 0 saturated carbocycles. The van der Waals surface area contributed by atoms with E-state index in [0.29, 0.717) is 12.0 Å². The largest absolute Gasteiger partial charge is 0.476 e. The number of carbonyl (C=O) groups is 1. The summed E-state index contributed by atoms with van der Waals surface area (Å²) in [5, 5.41) is 14.0. The number of aromatic nitrogens is 2. The quantitative estimate of drug-likeness (QED) is 0.620. The Morgan fingerprint density at radius 3 is 2.76 bits per heavy atom. The van der Waals surface area contributed by atoms with Crippen LogP contribution in [0.4, 0.5) is 0 Å². The van der Waals surface area contributed by atoms with Gasteiger partial charge in [-0.05, 0) is 24.2 Å². The highest BCUT2D eigenvalue weighted by Crippen LogP contribution is 2.23. The molecule has 0 atom stereocenters. The second kappa shape index (κ2) is 6.29. The normalized spacial score (nSPS) is 12.0. The van der Waals surface area contributed by atoms with Gasteiger partial charge in [-0.25, -0.2) is 9.48 Å². The van der Waals surface area contributed by atoms with Crippen LogP contribution in [-0.2, 0) is 11.5 Å². The topological polar surface area (TPSA) is 64.4 Å². The van der Waals surface area contributed by atoms with Gasteiger partial charge in [0.2, 0.25) is 0 Å². The van der Waals surface area contributed by atoms with Gasteiger partial charge in [-0.3, -0.25) is 0 Å². The van der Waals surface area contributed by atoms with Crippen LogP contribution in [-0.4, -0.2) is 35.5 Å². The Balaban J connectivity index is 2.19. The summed E-state index contributed by atoms with van der Waals surface area (Å²) in [6.07, 6.45) is 0. The van der Waals surface area contributed by atoms with Gasteiger partial charge in [-0.2, -0.15) is 5.10 Å². The SMILES string of the molecule is C[Si](C)(C)CCOCn1nc(C(=O)O)c2ccc(Br)cc21. The Morgan fingerprint density at radius 1 is 1.43 bits per heavy atom. The number of nitrogens with zero attached hydrogens (tertiary/aromatic N) is 2. The highest BCUT2D eigenvalue weighted by Gasteiger charge is 2.17. The van der Waals surface area contributed by atoms with Crippen molar-refractivity contribution in [1.82, 2.24) is 9.78 Å². The number of halogens is 1. The van der Waals surface area contributed by atoms with Crippen LogP contribution in [0.5, 0.6) is 0 Å². The van der Waals surface area contributed by atoms with Gasteiger partial charge in [0.25, 0.3) is 0 Å². The van der Waals surface area contributed by atoms with Crippen LogP contribution < -0.4 is 0 Å². The van der Waals surface area contributed by atoms with Crippen LogP contribution in [0.2, 0.25) is 25.7 Å². The minimum atomic E-state index is -1.13. The molecule has 1 aromatic heterocycles. The zero-order valence-electron chi connectivity index (χ0n) is 12.4. The van der Waals surface area contributed by atoms with E-state index in [1.165, 1.54) is 0 Å². The van der Waals surface area contributed by atoms with Gasteiger partial charge in [0.15, 0.2) is 5.69 Å². The van der Waals surface area contributed by atoms with Crippen molar-refractivity contribution in [3.63, 3.8) is 0 Å². The van der Waals surface area contributed by atoms with Crippen molar-refractivity contribution < 1.29 is 14.6 Å². The third-order valence-electron chi connectivity index (χ3n) is 3.13. The van der Waals surface area contributed by atoms with E-state index in [2.05, 4.69) is 40.7 Å². The van der Waals surface area contributed by atoms with Gasteiger partial charge in [-0.1, -0.05) is 35.6 Å². The van der Waals surface area contributed by atoms with E-state index in [-0.39, 0.29) is 12.4 Å². The molecule has 114 valence electrons. The molecule has 0 aliphatic carbocycles. The number of ether oxygens (including phenoxy) is 1. The predicted molar refractivity (Wildman–Crippen MR) is 88.5 cm³/mol. The van der Waals surface area contributed by atoms with Crippen LogP contribution in [0.3, 0.4) is 0 Å². The lowest BCUT2D eigenvalue weighted by molar-refractivity contribution is 0.0676. The van der Waals surface area contributed by atoms with Gasteiger partial charge in [0.1, 0.15) is 6.73 Å². The first-order chi connectivity index (χ1) is 9.78. The zero-order valence-corrected chi connectivity index (χ0v) is 15.0. The van der Waals surface area contributed by atoms with Crippen molar-refractivity contribution in [1.29, 1.82) is 0 Å². The third-order valence-corrected chi connectivity index (χ3v) is 5.32. The number of benzene rings is 1. The Bertz CT molecular complexity index is 664. The molecule has 0 spiro atoms. The summed E-state index contributed by atoms with van der Waals surface area (Å²) in [7, 11) is -1.13. The first kappa shape index (κ1) is 16.2. The molecule has 7 heteroatoms. The van der Waals surface area contributed by atoms with Crippen LogP contribution in [0.15, 0.2) is 22.7 Å². The van der Waals surface area contributed by atoms with Crippen LogP contribution in [0.25, 0.3) is 10.9 Å². The van der Waals surface area contributed by atoms with E-state index in [4.69, 9.17) is 4.74 Å². The summed E-state index contributed by atoms with van der Waals surface area (Å²) < 4.78 is 8.15. The maximum atomic E-state index is 11.3. The molecular formula is C14H19BrN2O3Si. The molecule has 1 heterocycles. The molecule has 1 N–H and O–H groups in total. The molecule has 2 aromatic rings. The molecule has 0 saturated heterocycles. The lowest BCUT2D eigenvalue weighted by Gasteiger charge is -2.15. The van der Waals surface area contributed by atoms with Gasteiger partial charge in [0.05, 0.1) is 5.52 Å². The number of aromatic carboxylic acids is 1. The monoisotopic (exact) mass is 370 g/mol. The molecule has 0 amide bonds. The van der Waals surface area contributed by atoms with Crippen molar-refractivity contribution in [3.05, 3.63) is 28.4 Å². The average Bonchev–Trinajstić information content (AvgIpc) is 2.72. The smallest absolute Gasteiger partial charge is 0.357 e. The fraction of sp³-hybridized carbons (Fsp3) is 0.429. The number of hydrogen-bond acceptors (Lipinski definition) is 3. The molecule has 0 unspecified atom stereocenters. The fourth-order valence-electron chi connectivity index (χ4n) is 1.93. The molecule has 0 aliphatic rings. The van der Waals surface area contributed by atoms with Crippen LogP contribution >= 0.6 is 15.9 Å². The predicted octanol–water partition coefficient (Wildman–Crippen LogP) is 3.81. The number of rotatable bonds is 6. The molecule has 1 aromatic carbocycles. The highest BCUT2D eigenvalue weighted by atomic mass is 79.9. The van der Waals surface area contributed by atoms with E-state index in [0.717, 1.165) is 16.0 Å². The number of carboxylic acid groups (broad SMARTS) is 1. The van der Waals surface area contributed by atoms with E-state index in [1.54, 1.807) is 10.7 Å². The van der Waals surface area contributed by atoms with Gasteiger partial charge < -0.3 is 9.84 Å². The van der Waals surface area contributed by atoms with Crippen molar-refractivity contribution in [2.24, 2.45) is 0 Å². The lowest BCUT2D eigenvalue weighted by atomic mass is 10.2. The van der Waals surface area contributed by atoms with Crippen LogP contribution in [0, 0.1) is 0 Å². The Labute approximate surface area is 133 Å². The lowest BCUT2D eigenvalue weighted by Crippen LogP contribution is -2.22. The molecule has 0 fully saturated rings. The number of hydrogen-bond donors (Lipinski definition) is 1. The second-order valence-corrected chi connectivity index (χ2v) is 12.7. The molecular weight excluding hydrogens is 352 g/mol. The highest BCUT2D eigenvalue weighted by molar-refractivity contribution is 9.10. The molecule has 0 bridgehead atoms. The molecule has 5 nitrogen and oxygen atoms in total. The zero-order chi connectivity index (χ0) is 15.6. The van der Waals surface area contributed by atoms with E-state index in [9.17, 15) is 9.90 Å². The summed E-state index contributed by atoms with van der Waals surface area (Å²) >= 11 is 3.40. The van der Waals surface area contributed by atoms with E-state index in [1.807, 2.05) is 12.1 Å². The Hall–Kier alpha value is -1.18. The van der Waals surface area contributed by atoms with Crippen molar-refractivity contribution in [2.75, 3.05) is 6.61 Å². The van der Waals surface area contributed by atoms with E-state index >= 15 is 0 Å². The number of carboxylic acids is 1. The number of fused-ring (bicyclic) bond motifs is 1. The second-order valence-electron chi connectivity index (χ2n) is 6.16.